The van der Waals surface area contributed by atoms with Crippen molar-refractivity contribution < 1.29 is 0 Å². The van der Waals surface area contributed by atoms with E-state index in [9.17, 15) is 0 Å². The van der Waals surface area contributed by atoms with Gasteiger partial charge in [0.15, 0.2) is 0 Å². The SMILES string of the molecule is C#CCCCCCCc1ccc2c(c1)CC=C2. The second-order valence-corrected chi connectivity index (χ2v) is 4.76. The second kappa shape index (κ2) is 6.30. The van der Waals surface area contributed by atoms with Gasteiger partial charge in [-0.15, -0.1) is 12.3 Å². The molecule has 0 saturated carbocycles. The van der Waals surface area contributed by atoms with Crippen molar-refractivity contribution in [3.63, 3.8) is 0 Å². The monoisotopic (exact) mass is 224 g/mol. The summed E-state index contributed by atoms with van der Waals surface area (Å²) in [6.45, 7) is 0. The standard InChI is InChI=1S/C17H20/c1-2-3-4-5-6-7-9-15-12-13-16-10-8-11-17(16)14-15/h1,8,10,12-14H,3-7,9,11H2. The van der Waals surface area contributed by atoms with E-state index in [1.807, 2.05) is 0 Å². The number of hydrogen-bond donors (Lipinski definition) is 0. The number of allylic oxidation sites excluding steroid dienone is 1. The Morgan fingerprint density at radius 3 is 2.88 bits per heavy atom. The average molecular weight is 224 g/mol. The first-order chi connectivity index (χ1) is 8.40. The maximum Gasteiger partial charge on any atom is 0.00860 e. The lowest BCUT2D eigenvalue weighted by molar-refractivity contribution is 0.650. The van der Waals surface area contributed by atoms with Crippen molar-refractivity contribution in [3.05, 3.63) is 41.0 Å². The van der Waals surface area contributed by atoms with Gasteiger partial charge in [0, 0.05) is 6.42 Å². The summed E-state index contributed by atoms with van der Waals surface area (Å²) in [4.78, 5) is 0. The largest absolute Gasteiger partial charge is 0.120 e. The first-order valence-electron chi connectivity index (χ1n) is 6.62. The van der Waals surface area contributed by atoms with E-state index < -0.39 is 0 Å². The van der Waals surface area contributed by atoms with Crippen LogP contribution < -0.4 is 0 Å². The van der Waals surface area contributed by atoms with Crippen LogP contribution in [0, 0.1) is 12.3 Å². The minimum absolute atomic E-state index is 0.935. The van der Waals surface area contributed by atoms with E-state index in [-0.39, 0.29) is 0 Å². The topological polar surface area (TPSA) is 0 Å². The number of terminal acetylenes is 1. The van der Waals surface area contributed by atoms with Gasteiger partial charge in [0.2, 0.25) is 0 Å². The van der Waals surface area contributed by atoms with Crippen LogP contribution in [0.1, 0.15) is 48.8 Å². The van der Waals surface area contributed by atoms with Gasteiger partial charge in [-0.3, -0.25) is 0 Å². The van der Waals surface area contributed by atoms with Crippen LogP contribution in [0.5, 0.6) is 0 Å². The Balaban J connectivity index is 1.71. The molecule has 0 saturated heterocycles. The number of unbranched alkanes of at least 4 members (excludes halogenated alkanes) is 4. The van der Waals surface area contributed by atoms with Crippen molar-refractivity contribution in [2.75, 3.05) is 0 Å². The first-order valence-corrected chi connectivity index (χ1v) is 6.62. The fourth-order valence-corrected chi connectivity index (χ4v) is 2.38. The molecule has 0 unspecified atom stereocenters. The number of aryl methyl sites for hydroxylation is 1. The summed E-state index contributed by atoms with van der Waals surface area (Å²) >= 11 is 0. The van der Waals surface area contributed by atoms with Crippen molar-refractivity contribution in [1.82, 2.24) is 0 Å². The molecular weight excluding hydrogens is 204 g/mol. The molecule has 1 aromatic carbocycles. The van der Waals surface area contributed by atoms with Crippen LogP contribution >= 0.6 is 0 Å². The maximum atomic E-state index is 5.23. The molecular formula is C17H20. The third kappa shape index (κ3) is 3.49. The van der Waals surface area contributed by atoms with E-state index >= 15 is 0 Å². The molecule has 0 spiro atoms. The quantitative estimate of drug-likeness (QED) is 0.497. The fraction of sp³-hybridized carbons (Fsp3) is 0.412. The number of hydrogen-bond acceptors (Lipinski definition) is 0. The van der Waals surface area contributed by atoms with Crippen LogP contribution in [-0.2, 0) is 12.8 Å². The molecule has 0 atom stereocenters. The summed E-state index contributed by atoms with van der Waals surface area (Å²) in [5, 5.41) is 0. The minimum Gasteiger partial charge on any atom is -0.120 e. The van der Waals surface area contributed by atoms with E-state index in [0.29, 0.717) is 0 Å². The highest BCUT2D eigenvalue weighted by Gasteiger charge is 2.05. The van der Waals surface area contributed by atoms with E-state index in [1.165, 1.54) is 48.8 Å². The summed E-state index contributed by atoms with van der Waals surface area (Å²) < 4.78 is 0. The maximum absolute atomic E-state index is 5.23. The molecule has 0 amide bonds. The normalized spacial score (nSPS) is 12.4. The van der Waals surface area contributed by atoms with Crippen LogP contribution in [0.4, 0.5) is 0 Å². The van der Waals surface area contributed by atoms with Gasteiger partial charge in [-0.1, -0.05) is 43.2 Å². The predicted molar refractivity (Wildman–Crippen MR) is 74.8 cm³/mol. The highest BCUT2D eigenvalue weighted by atomic mass is 14.1. The van der Waals surface area contributed by atoms with Crippen molar-refractivity contribution in [3.8, 4) is 12.3 Å². The van der Waals surface area contributed by atoms with Gasteiger partial charge in [-0.05, 0) is 42.4 Å². The zero-order valence-corrected chi connectivity index (χ0v) is 10.4. The summed E-state index contributed by atoms with van der Waals surface area (Å²) in [5.74, 6) is 2.70. The van der Waals surface area contributed by atoms with Gasteiger partial charge in [-0.2, -0.15) is 0 Å². The zero-order chi connectivity index (χ0) is 11.9. The lowest BCUT2D eigenvalue weighted by Gasteiger charge is -2.04. The first kappa shape index (κ1) is 12.0. The molecule has 1 aliphatic rings. The van der Waals surface area contributed by atoms with Gasteiger partial charge in [0.25, 0.3) is 0 Å². The van der Waals surface area contributed by atoms with Crippen LogP contribution in [0.15, 0.2) is 24.3 Å². The lowest BCUT2D eigenvalue weighted by Crippen LogP contribution is -1.89. The van der Waals surface area contributed by atoms with Gasteiger partial charge in [-0.25, -0.2) is 0 Å². The Bertz CT molecular complexity index is 432. The molecule has 0 aromatic heterocycles. The van der Waals surface area contributed by atoms with Gasteiger partial charge >= 0.3 is 0 Å². The van der Waals surface area contributed by atoms with Crippen LogP contribution in [0.3, 0.4) is 0 Å². The molecule has 0 heteroatoms. The summed E-state index contributed by atoms with van der Waals surface area (Å²) in [7, 11) is 0. The Morgan fingerprint density at radius 1 is 1.12 bits per heavy atom. The number of benzene rings is 1. The van der Waals surface area contributed by atoms with Crippen LogP contribution in [0.25, 0.3) is 6.08 Å². The third-order valence-corrected chi connectivity index (χ3v) is 3.38. The summed E-state index contributed by atoms with van der Waals surface area (Å²) in [6.07, 6.45) is 18.0. The van der Waals surface area contributed by atoms with Crippen molar-refractivity contribution in [2.24, 2.45) is 0 Å². The Labute approximate surface area is 105 Å². The van der Waals surface area contributed by atoms with Gasteiger partial charge in [0.1, 0.15) is 0 Å². The smallest absolute Gasteiger partial charge is 0.00860 e. The minimum atomic E-state index is 0.935. The molecule has 1 aromatic rings. The molecule has 1 aliphatic carbocycles. The summed E-state index contributed by atoms with van der Waals surface area (Å²) in [6, 6.07) is 6.90. The second-order valence-electron chi connectivity index (χ2n) is 4.76. The molecule has 0 fully saturated rings. The average Bonchev–Trinajstić information content (AvgIpc) is 2.81. The molecule has 88 valence electrons. The Kier molecular flexibility index (Phi) is 4.45. The molecule has 0 N–H and O–H groups in total. The molecule has 17 heavy (non-hydrogen) atoms. The van der Waals surface area contributed by atoms with Crippen molar-refractivity contribution >= 4 is 6.08 Å². The number of rotatable bonds is 6. The van der Waals surface area contributed by atoms with E-state index in [1.54, 1.807) is 0 Å². The fourth-order valence-electron chi connectivity index (χ4n) is 2.38. The Hall–Kier alpha value is -1.48. The highest BCUT2D eigenvalue weighted by Crippen LogP contribution is 2.21. The molecule has 0 nitrogen and oxygen atoms in total. The molecule has 0 bridgehead atoms. The van der Waals surface area contributed by atoms with E-state index in [2.05, 4.69) is 36.3 Å². The van der Waals surface area contributed by atoms with Crippen molar-refractivity contribution in [1.29, 1.82) is 0 Å². The zero-order valence-electron chi connectivity index (χ0n) is 10.4. The van der Waals surface area contributed by atoms with Gasteiger partial charge in [0.05, 0.1) is 0 Å². The number of fused-ring (bicyclic) bond motifs is 1. The van der Waals surface area contributed by atoms with E-state index in [4.69, 9.17) is 6.42 Å². The summed E-state index contributed by atoms with van der Waals surface area (Å²) in [5.41, 5.74) is 4.39. The predicted octanol–water partition coefficient (Wildman–Crippen LogP) is 4.38. The van der Waals surface area contributed by atoms with Crippen molar-refractivity contribution in [2.45, 2.75) is 44.9 Å². The molecule has 0 aliphatic heterocycles. The lowest BCUT2D eigenvalue weighted by atomic mass is 10.0. The van der Waals surface area contributed by atoms with E-state index in [0.717, 1.165) is 12.8 Å². The van der Waals surface area contributed by atoms with Crippen LogP contribution in [-0.4, -0.2) is 0 Å². The molecule has 2 rings (SSSR count). The molecule has 0 radical (unpaired) electrons. The highest BCUT2D eigenvalue weighted by molar-refractivity contribution is 5.60. The third-order valence-electron chi connectivity index (χ3n) is 3.38. The van der Waals surface area contributed by atoms with Gasteiger partial charge < -0.3 is 0 Å². The molecule has 0 heterocycles. The Morgan fingerprint density at radius 2 is 2.00 bits per heavy atom. The van der Waals surface area contributed by atoms with Crippen LogP contribution in [0.2, 0.25) is 0 Å².